The number of unbranched alkanes of at least 4 members (excludes halogenated alkanes) is 10. The van der Waals surface area contributed by atoms with Gasteiger partial charge in [0, 0.05) is 0 Å². The average Bonchev–Trinajstić information content (AvgIpc) is 2.72. The van der Waals surface area contributed by atoms with Crippen molar-refractivity contribution in [3.05, 3.63) is 0 Å². The van der Waals surface area contributed by atoms with E-state index in [1.54, 1.807) is 0 Å². The van der Waals surface area contributed by atoms with Crippen LogP contribution in [0.5, 0.6) is 0 Å². The Hall–Kier alpha value is -1.06. The molecule has 29 heavy (non-hydrogen) atoms. The Morgan fingerprint density at radius 2 is 1.10 bits per heavy atom. The van der Waals surface area contributed by atoms with Gasteiger partial charge in [0.15, 0.2) is 0 Å². The van der Waals surface area contributed by atoms with Crippen LogP contribution in [0.2, 0.25) is 0 Å². The van der Waals surface area contributed by atoms with Crippen LogP contribution in [0.1, 0.15) is 117 Å². The van der Waals surface area contributed by atoms with E-state index in [0.29, 0.717) is 19.1 Å². The van der Waals surface area contributed by atoms with Crippen LogP contribution in [0, 0.1) is 17.8 Å². The summed E-state index contributed by atoms with van der Waals surface area (Å²) in [5.74, 6) is -0.554. The van der Waals surface area contributed by atoms with Crippen LogP contribution in [0.25, 0.3) is 0 Å². The second kappa shape index (κ2) is 16.7. The second-order valence-electron chi connectivity index (χ2n) is 9.00. The molecule has 0 bridgehead atoms. The summed E-state index contributed by atoms with van der Waals surface area (Å²) in [4.78, 5) is 25.2. The first-order valence-corrected chi connectivity index (χ1v) is 12.4. The molecule has 3 unspecified atom stereocenters. The van der Waals surface area contributed by atoms with Gasteiger partial charge in [-0.1, -0.05) is 85.0 Å². The van der Waals surface area contributed by atoms with Gasteiger partial charge in [0.05, 0.1) is 25.0 Å². The number of hydrogen-bond acceptors (Lipinski definition) is 4. The standard InChI is InChI=1S/C25H46O4/c1-4-6-8-10-12-14-18-28-24(26)22-17-16-21(3)20-23(22)25(27)29-19-15-13-11-9-7-5-2/h21-23H,4-20H2,1-3H3. The lowest BCUT2D eigenvalue weighted by Gasteiger charge is -2.31. The van der Waals surface area contributed by atoms with Gasteiger partial charge < -0.3 is 9.47 Å². The van der Waals surface area contributed by atoms with Gasteiger partial charge in [0.2, 0.25) is 0 Å². The van der Waals surface area contributed by atoms with E-state index in [-0.39, 0.29) is 23.8 Å². The predicted octanol–water partition coefficient (Wildman–Crippen LogP) is 6.85. The maximum atomic E-state index is 12.6. The summed E-state index contributed by atoms with van der Waals surface area (Å²) >= 11 is 0. The van der Waals surface area contributed by atoms with Gasteiger partial charge in [-0.3, -0.25) is 9.59 Å². The van der Waals surface area contributed by atoms with E-state index < -0.39 is 0 Å². The monoisotopic (exact) mass is 410 g/mol. The summed E-state index contributed by atoms with van der Waals surface area (Å²) in [6.45, 7) is 7.54. The third-order valence-electron chi connectivity index (χ3n) is 6.20. The molecule has 1 aliphatic carbocycles. The zero-order chi connectivity index (χ0) is 21.3. The fraction of sp³-hybridized carbons (Fsp3) is 0.920. The molecule has 1 fully saturated rings. The smallest absolute Gasteiger partial charge is 0.309 e. The number of rotatable bonds is 16. The van der Waals surface area contributed by atoms with Crippen LogP contribution < -0.4 is 0 Å². The minimum atomic E-state index is -0.323. The number of ether oxygens (including phenoxy) is 2. The van der Waals surface area contributed by atoms with Crippen molar-refractivity contribution in [1.82, 2.24) is 0 Å². The Morgan fingerprint density at radius 3 is 1.62 bits per heavy atom. The topological polar surface area (TPSA) is 52.6 Å². The highest BCUT2D eigenvalue weighted by Gasteiger charge is 2.40. The Balaban J connectivity index is 2.31. The molecule has 0 aromatic rings. The molecule has 0 radical (unpaired) electrons. The van der Waals surface area contributed by atoms with Gasteiger partial charge in [-0.05, 0) is 38.0 Å². The molecular formula is C25H46O4. The van der Waals surface area contributed by atoms with E-state index in [1.165, 1.54) is 51.4 Å². The van der Waals surface area contributed by atoms with Crippen LogP contribution >= 0.6 is 0 Å². The van der Waals surface area contributed by atoms with Crippen molar-refractivity contribution in [2.45, 2.75) is 117 Å². The van der Waals surface area contributed by atoms with Crippen LogP contribution in [0.4, 0.5) is 0 Å². The lowest BCUT2D eigenvalue weighted by molar-refractivity contribution is -0.163. The van der Waals surface area contributed by atoms with E-state index in [0.717, 1.165) is 44.9 Å². The Labute approximate surface area is 179 Å². The van der Waals surface area contributed by atoms with E-state index in [2.05, 4.69) is 20.8 Å². The normalized spacial score (nSPS) is 21.7. The summed E-state index contributed by atoms with van der Waals surface area (Å²) in [5, 5.41) is 0. The molecule has 4 nitrogen and oxygen atoms in total. The molecule has 1 saturated carbocycles. The van der Waals surface area contributed by atoms with Gasteiger partial charge >= 0.3 is 11.9 Å². The highest BCUT2D eigenvalue weighted by Crippen LogP contribution is 2.35. The van der Waals surface area contributed by atoms with Gasteiger partial charge in [-0.2, -0.15) is 0 Å². The maximum Gasteiger partial charge on any atom is 0.309 e. The first kappa shape index (κ1) is 26.0. The number of hydrogen-bond donors (Lipinski definition) is 0. The molecule has 0 aromatic carbocycles. The van der Waals surface area contributed by atoms with Crippen molar-refractivity contribution < 1.29 is 19.1 Å². The summed E-state index contributed by atoms with van der Waals surface area (Å²) in [6.07, 6.45) is 16.5. The van der Waals surface area contributed by atoms with Crippen molar-refractivity contribution in [2.24, 2.45) is 17.8 Å². The van der Waals surface area contributed by atoms with E-state index in [4.69, 9.17) is 9.47 Å². The third-order valence-corrected chi connectivity index (χ3v) is 6.20. The van der Waals surface area contributed by atoms with Crippen LogP contribution in [-0.2, 0) is 19.1 Å². The molecule has 170 valence electrons. The van der Waals surface area contributed by atoms with E-state index >= 15 is 0 Å². The van der Waals surface area contributed by atoms with E-state index in [9.17, 15) is 9.59 Å². The van der Waals surface area contributed by atoms with Crippen molar-refractivity contribution in [3.63, 3.8) is 0 Å². The summed E-state index contributed by atoms with van der Waals surface area (Å²) in [5.41, 5.74) is 0. The first-order valence-electron chi connectivity index (χ1n) is 12.4. The molecule has 3 atom stereocenters. The number of esters is 2. The Morgan fingerprint density at radius 1 is 0.655 bits per heavy atom. The fourth-order valence-electron chi connectivity index (χ4n) is 4.25. The highest BCUT2D eigenvalue weighted by molar-refractivity contribution is 5.82. The maximum absolute atomic E-state index is 12.6. The van der Waals surface area contributed by atoms with Crippen molar-refractivity contribution in [2.75, 3.05) is 13.2 Å². The molecule has 0 aromatic heterocycles. The van der Waals surface area contributed by atoms with Crippen LogP contribution in [-0.4, -0.2) is 25.2 Å². The van der Waals surface area contributed by atoms with Gasteiger partial charge in [-0.15, -0.1) is 0 Å². The van der Waals surface area contributed by atoms with Crippen LogP contribution in [0.3, 0.4) is 0 Å². The summed E-state index contributed by atoms with van der Waals surface area (Å²) in [6, 6.07) is 0. The molecule has 0 heterocycles. The minimum absolute atomic E-state index is 0.188. The lowest BCUT2D eigenvalue weighted by Crippen LogP contribution is -2.37. The fourth-order valence-corrected chi connectivity index (χ4v) is 4.25. The molecular weight excluding hydrogens is 364 g/mol. The van der Waals surface area contributed by atoms with Gasteiger partial charge in [-0.25, -0.2) is 0 Å². The third kappa shape index (κ3) is 11.6. The average molecular weight is 411 g/mol. The first-order chi connectivity index (χ1) is 14.1. The quantitative estimate of drug-likeness (QED) is 0.206. The largest absolute Gasteiger partial charge is 0.465 e. The van der Waals surface area contributed by atoms with E-state index in [1.807, 2.05) is 0 Å². The zero-order valence-corrected chi connectivity index (χ0v) is 19.4. The summed E-state index contributed by atoms with van der Waals surface area (Å²) < 4.78 is 11.1. The molecule has 1 aliphatic rings. The number of carbonyl (C=O) groups is 2. The molecule has 0 aliphatic heterocycles. The highest BCUT2D eigenvalue weighted by atomic mass is 16.5. The Kier molecular flexibility index (Phi) is 15.0. The van der Waals surface area contributed by atoms with Crippen LogP contribution in [0.15, 0.2) is 0 Å². The minimum Gasteiger partial charge on any atom is -0.465 e. The molecule has 4 heteroatoms. The van der Waals surface area contributed by atoms with Gasteiger partial charge in [0.1, 0.15) is 0 Å². The predicted molar refractivity (Wildman–Crippen MR) is 119 cm³/mol. The van der Waals surface area contributed by atoms with Crippen molar-refractivity contribution in [3.8, 4) is 0 Å². The Bertz CT molecular complexity index is 435. The van der Waals surface area contributed by atoms with Gasteiger partial charge in [0.25, 0.3) is 0 Å². The molecule has 0 spiro atoms. The molecule has 0 saturated heterocycles. The zero-order valence-electron chi connectivity index (χ0n) is 19.4. The summed E-state index contributed by atoms with van der Waals surface area (Å²) in [7, 11) is 0. The second-order valence-corrected chi connectivity index (χ2v) is 9.00. The lowest BCUT2D eigenvalue weighted by atomic mass is 9.74. The van der Waals surface area contributed by atoms with Crippen molar-refractivity contribution >= 4 is 11.9 Å². The number of carbonyl (C=O) groups excluding carboxylic acids is 2. The molecule has 0 amide bonds. The molecule has 0 N–H and O–H groups in total. The SMILES string of the molecule is CCCCCCCCOC(=O)C1CCC(C)CC1C(=O)OCCCCCCCC. The molecule has 1 rings (SSSR count). The van der Waals surface area contributed by atoms with Crippen molar-refractivity contribution in [1.29, 1.82) is 0 Å².